The summed E-state index contributed by atoms with van der Waals surface area (Å²) in [4.78, 5) is 2.27. The second-order valence-corrected chi connectivity index (χ2v) is 8.38. The summed E-state index contributed by atoms with van der Waals surface area (Å²) in [6.45, 7) is 3.82. The molecule has 0 saturated carbocycles. The lowest BCUT2D eigenvalue weighted by Crippen LogP contribution is -2.09. The molecule has 0 aromatic heterocycles. The number of rotatable bonds is 7. The van der Waals surface area contributed by atoms with E-state index in [9.17, 15) is 0 Å². The van der Waals surface area contributed by atoms with Crippen molar-refractivity contribution in [3.05, 3.63) is 157 Å². The van der Waals surface area contributed by atoms with Crippen LogP contribution >= 0.6 is 0 Å². The summed E-state index contributed by atoms with van der Waals surface area (Å²) < 4.78 is 0. The zero-order chi connectivity index (χ0) is 23.9. The van der Waals surface area contributed by atoms with E-state index < -0.39 is 0 Å². The Balaban J connectivity index is 1.33. The van der Waals surface area contributed by atoms with E-state index in [4.69, 9.17) is 0 Å². The Bertz CT molecular complexity index is 1360. The lowest BCUT2D eigenvalue weighted by molar-refractivity contribution is 1.28. The summed E-state index contributed by atoms with van der Waals surface area (Å²) in [6.07, 6.45) is 6.18. The Morgan fingerprint density at radius 1 is 0.400 bits per heavy atom. The Morgan fingerprint density at radius 3 is 1.20 bits per heavy atom. The number of hydrogen-bond acceptors (Lipinski definition) is 1. The van der Waals surface area contributed by atoms with Gasteiger partial charge in [-0.15, -0.1) is 0 Å². The third-order valence-corrected chi connectivity index (χ3v) is 6.04. The summed E-state index contributed by atoms with van der Waals surface area (Å²) in [7, 11) is 0. The van der Waals surface area contributed by atoms with Crippen molar-refractivity contribution in [2.24, 2.45) is 0 Å². The van der Waals surface area contributed by atoms with Gasteiger partial charge in [0.1, 0.15) is 0 Å². The fourth-order valence-electron chi connectivity index (χ4n) is 4.13. The minimum absolute atomic E-state index is 1.13. The van der Waals surface area contributed by atoms with Crippen LogP contribution < -0.4 is 4.90 Å². The van der Waals surface area contributed by atoms with E-state index in [1.54, 1.807) is 0 Å². The van der Waals surface area contributed by atoms with Crippen LogP contribution in [0.1, 0.15) is 16.7 Å². The van der Waals surface area contributed by atoms with Crippen LogP contribution in [0.4, 0.5) is 17.1 Å². The molecule has 0 N–H and O–H groups in total. The van der Waals surface area contributed by atoms with Crippen molar-refractivity contribution in [1.82, 2.24) is 0 Å². The third kappa shape index (κ3) is 5.31. The van der Waals surface area contributed by atoms with Gasteiger partial charge in [0.2, 0.25) is 0 Å². The van der Waals surface area contributed by atoms with Gasteiger partial charge in [0, 0.05) is 17.1 Å². The molecule has 0 fully saturated rings. The highest BCUT2D eigenvalue weighted by Gasteiger charge is 2.11. The van der Waals surface area contributed by atoms with Crippen molar-refractivity contribution in [3.8, 4) is 11.1 Å². The maximum absolute atomic E-state index is 3.82. The molecule has 0 atom stereocenters. The average Bonchev–Trinajstić information content (AvgIpc) is 2.94. The average molecular weight is 450 g/mol. The first-order chi connectivity index (χ1) is 17.3. The van der Waals surface area contributed by atoms with Crippen LogP contribution in [0.15, 0.2) is 140 Å². The molecule has 0 spiro atoms. The van der Waals surface area contributed by atoms with Crippen molar-refractivity contribution >= 4 is 35.3 Å². The molecule has 0 aliphatic carbocycles. The Labute approximate surface area is 208 Å². The Kier molecular flexibility index (Phi) is 6.68. The topological polar surface area (TPSA) is 3.24 Å². The van der Waals surface area contributed by atoms with Gasteiger partial charge >= 0.3 is 0 Å². The van der Waals surface area contributed by atoms with Gasteiger partial charge in [0.15, 0.2) is 0 Å². The molecule has 1 heteroatoms. The highest BCUT2D eigenvalue weighted by Crippen LogP contribution is 2.34. The van der Waals surface area contributed by atoms with Gasteiger partial charge < -0.3 is 4.90 Å². The van der Waals surface area contributed by atoms with Gasteiger partial charge in [-0.25, -0.2) is 0 Å². The minimum atomic E-state index is 1.13. The predicted molar refractivity (Wildman–Crippen MR) is 152 cm³/mol. The largest absolute Gasteiger partial charge is 0.311 e. The third-order valence-electron chi connectivity index (χ3n) is 6.04. The van der Waals surface area contributed by atoms with Crippen LogP contribution in [0.25, 0.3) is 29.4 Å². The standard InChI is InChI=1S/C34H27N/c1-2-27-15-21-30(22-16-27)31-23-17-28(18-24-31)13-14-29-19-25-34(26-20-29)35(32-9-5-3-6-10-32)33-11-7-4-8-12-33/h2-26H,1H2. The first-order valence-corrected chi connectivity index (χ1v) is 11.8. The first kappa shape index (κ1) is 22.2. The summed E-state index contributed by atoms with van der Waals surface area (Å²) in [6, 6.07) is 46.7. The molecule has 0 bridgehead atoms. The van der Waals surface area contributed by atoms with Gasteiger partial charge in [-0.1, -0.05) is 122 Å². The molecule has 168 valence electrons. The zero-order valence-corrected chi connectivity index (χ0v) is 19.6. The van der Waals surface area contributed by atoms with Gasteiger partial charge in [-0.05, 0) is 64.2 Å². The second kappa shape index (κ2) is 10.5. The molecule has 0 aliphatic rings. The van der Waals surface area contributed by atoms with E-state index in [1.807, 2.05) is 18.2 Å². The SMILES string of the molecule is C=Cc1ccc(-c2ccc(C=Cc3ccc(N(c4ccccc4)c4ccccc4)cc3)cc2)cc1. The summed E-state index contributed by atoms with van der Waals surface area (Å²) in [5, 5.41) is 0. The molecule has 0 saturated heterocycles. The maximum Gasteiger partial charge on any atom is 0.0462 e. The first-order valence-electron chi connectivity index (χ1n) is 11.8. The van der Waals surface area contributed by atoms with E-state index in [2.05, 4.69) is 145 Å². The van der Waals surface area contributed by atoms with Crippen molar-refractivity contribution in [2.45, 2.75) is 0 Å². The van der Waals surface area contributed by atoms with E-state index in [1.165, 1.54) is 22.3 Å². The predicted octanol–water partition coefficient (Wildman–Crippen LogP) is 9.64. The molecule has 5 aromatic rings. The molecule has 0 unspecified atom stereocenters. The van der Waals surface area contributed by atoms with Crippen LogP contribution in [-0.2, 0) is 0 Å². The van der Waals surface area contributed by atoms with Gasteiger partial charge in [-0.3, -0.25) is 0 Å². The summed E-state index contributed by atoms with van der Waals surface area (Å²) in [5.41, 5.74) is 9.31. The minimum Gasteiger partial charge on any atom is -0.311 e. The summed E-state index contributed by atoms with van der Waals surface area (Å²) in [5.74, 6) is 0. The quantitative estimate of drug-likeness (QED) is 0.224. The highest BCUT2D eigenvalue weighted by atomic mass is 15.1. The second-order valence-electron chi connectivity index (χ2n) is 8.38. The Morgan fingerprint density at radius 2 is 0.771 bits per heavy atom. The fraction of sp³-hybridized carbons (Fsp3) is 0. The van der Waals surface area contributed by atoms with Crippen molar-refractivity contribution in [1.29, 1.82) is 0 Å². The normalized spacial score (nSPS) is 10.9. The monoisotopic (exact) mass is 449 g/mol. The fourth-order valence-corrected chi connectivity index (χ4v) is 4.13. The smallest absolute Gasteiger partial charge is 0.0462 e. The highest BCUT2D eigenvalue weighted by molar-refractivity contribution is 5.78. The van der Waals surface area contributed by atoms with Crippen LogP contribution in [0, 0.1) is 0 Å². The number of nitrogens with zero attached hydrogens (tertiary/aromatic N) is 1. The summed E-state index contributed by atoms with van der Waals surface area (Å²) >= 11 is 0. The van der Waals surface area contributed by atoms with Crippen molar-refractivity contribution < 1.29 is 0 Å². The molecule has 0 amide bonds. The van der Waals surface area contributed by atoms with E-state index in [0.717, 1.165) is 22.6 Å². The molecule has 0 aliphatic heterocycles. The van der Waals surface area contributed by atoms with Crippen molar-refractivity contribution in [2.75, 3.05) is 4.90 Å². The number of anilines is 3. The van der Waals surface area contributed by atoms with Crippen LogP contribution in [0.5, 0.6) is 0 Å². The Hall–Kier alpha value is -4.62. The van der Waals surface area contributed by atoms with Crippen molar-refractivity contribution in [3.63, 3.8) is 0 Å². The molecule has 35 heavy (non-hydrogen) atoms. The lowest BCUT2D eigenvalue weighted by atomic mass is 10.0. The molecule has 1 nitrogen and oxygen atoms in total. The number of benzene rings is 5. The molecule has 5 rings (SSSR count). The molecule has 5 aromatic carbocycles. The van der Waals surface area contributed by atoms with E-state index >= 15 is 0 Å². The van der Waals surface area contributed by atoms with Gasteiger partial charge in [-0.2, -0.15) is 0 Å². The lowest BCUT2D eigenvalue weighted by Gasteiger charge is -2.25. The number of hydrogen-bond donors (Lipinski definition) is 0. The van der Waals surface area contributed by atoms with Crippen LogP contribution in [0.3, 0.4) is 0 Å². The van der Waals surface area contributed by atoms with E-state index in [-0.39, 0.29) is 0 Å². The molecule has 0 heterocycles. The van der Waals surface area contributed by atoms with E-state index in [0.29, 0.717) is 0 Å². The maximum atomic E-state index is 3.82. The molecular formula is C34H27N. The van der Waals surface area contributed by atoms with Gasteiger partial charge in [0.05, 0.1) is 0 Å². The van der Waals surface area contributed by atoms with Crippen LogP contribution in [0.2, 0.25) is 0 Å². The van der Waals surface area contributed by atoms with Gasteiger partial charge in [0.25, 0.3) is 0 Å². The van der Waals surface area contributed by atoms with Crippen LogP contribution in [-0.4, -0.2) is 0 Å². The molecule has 0 radical (unpaired) electrons. The number of para-hydroxylation sites is 2. The molecular weight excluding hydrogens is 422 g/mol. The zero-order valence-electron chi connectivity index (χ0n) is 19.6.